The van der Waals surface area contributed by atoms with Gasteiger partial charge in [-0.05, 0) is 27.7 Å². The molecule has 1 heterocycles. The lowest BCUT2D eigenvalue weighted by Crippen LogP contribution is -2.53. The van der Waals surface area contributed by atoms with Crippen molar-refractivity contribution in [3.8, 4) is 0 Å². The van der Waals surface area contributed by atoms with Crippen LogP contribution in [0, 0.1) is 0 Å². The van der Waals surface area contributed by atoms with Crippen molar-refractivity contribution in [2.75, 3.05) is 19.7 Å². The molecule has 13 heavy (non-hydrogen) atoms. The van der Waals surface area contributed by atoms with E-state index in [1.807, 2.05) is 0 Å². The minimum atomic E-state index is 0.00194. The topological polar surface area (TPSA) is 12.5 Å². The summed E-state index contributed by atoms with van der Waals surface area (Å²) in [7, 11) is 0. The third-order valence-corrected chi connectivity index (χ3v) is 2.40. The molecule has 0 unspecified atom stereocenters. The Kier molecular flexibility index (Phi) is 3.14. The van der Waals surface area contributed by atoms with E-state index >= 15 is 0 Å². The number of nitrogens with zero attached hydrogens (tertiary/aromatic N) is 1. The molecule has 1 saturated heterocycles. The van der Waals surface area contributed by atoms with E-state index in [2.05, 4.69) is 39.2 Å². The zero-order valence-electron chi connectivity index (χ0n) is 9.26. The molecule has 1 fully saturated rings. The fourth-order valence-electron chi connectivity index (χ4n) is 1.70. The van der Waals surface area contributed by atoms with Gasteiger partial charge in [0, 0.05) is 19.1 Å². The van der Waals surface area contributed by atoms with E-state index in [-0.39, 0.29) is 5.60 Å². The quantitative estimate of drug-likeness (QED) is 0.608. The van der Waals surface area contributed by atoms with Crippen molar-refractivity contribution in [3.63, 3.8) is 0 Å². The second-order valence-corrected chi connectivity index (χ2v) is 4.78. The van der Waals surface area contributed by atoms with Gasteiger partial charge in [0.25, 0.3) is 0 Å². The lowest BCUT2D eigenvalue weighted by Gasteiger charge is -2.42. The lowest BCUT2D eigenvalue weighted by molar-refractivity contribution is -0.107. The summed E-state index contributed by atoms with van der Waals surface area (Å²) in [4.78, 5) is 2.44. The van der Waals surface area contributed by atoms with Crippen molar-refractivity contribution in [1.29, 1.82) is 0 Å². The van der Waals surface area contributed by atoms with Crippen LogP contribution in [0.1, 0.15) is 27.7 Å². The third kappa shape index (κ3) is 3.12. The third-order valence-electron chi connectivity index (χ3n) is 2.40. The highest BCUT2D eigenvalue weighted by Gasteiger charge is 2.31. The molecule has 0 aromatic rings. The van der Waals surface area contributed by atoms with Crippen LogP contribution in [-0.4, -0.2) is 36.2 Å². The van der Waals surface area contributed by atoms with Crippen LogP contribution >= 0.6 is 0 Å². The van der Waals surface area contributed by atoms with Crippen LogP contribution in [0.5, 0.6) is 0 Å². The maximum Gasteiger partial charge on any atom is 0.0753 e. The molecule has 0 bridgehead atoms. The van der Waals surface area contributed by atoms with E-state index in [1.54, 1.807) is 0 Å². The van der Waals surface area contributed by atoms with Gasteiger partial charge in [-0.25, -0.2) is 0 Å². The van der Waals surface area contributed by atoms with Crippen molar-refractivity contribution in [2.45, 2.75) is 39.3 Å². The first-order chi connectivity index (χ1) is 5.91. The van der Waals surface area contributed by atoms with Crippen molar-refractivity contribution in [1.82, 2.24) is 4.90 Å². The van der Waals surface area contributed by atoms with Crippen LogP contribution in [0.15, 0.2) is 12.2 Å². The molecule has 2 heteroatoms. The van der Waals surface area contributed by atoms with Crippen molar-refractivity contribution < 1.29 is 4.74 Å². The molecule has 0 saturated carbocycles. The standard InChI is InChI=1S/C11H21NO/c1-9(2)6-12-8-11(4,5)13-7-10(12)3/h10H,1,6-8H2,2-5H3/t10-/m0/s1. The summed E-state index contributed by atoms with van der Waals surface area (Å²) in [5.74, 6) is 0. The number of ether oxygens (including phenoxy) is 1. The van der Waals surface area contributed by atoms with Gasteiger partial charge in [-0.3, -0.25) is 4.90 Å². The molecular formula is C11H21NO. The smallest absolute Gasteiger partial charge is 0.0753 e. The highest BCUT2D eigenvalue weighted by Crippen LogP contribution is 2.20. The van der Waals surface area contributed by atoms with Crippen LogP contribution in [0.4, 0.5) is 0 Å². The van der Waals surface area contributed by atoms with Crippen molar-refractivity contribution in [3.05, 3.63) is 12.2 Å². The van der Waals surface area contributed by atoms with Crippen LogP contribution in [0.2, 0.25) is 0 Å². The van der Waals surface area contributed by atoms with Gasteiger partial charge in [-0.2, -0.15) is 0 Å². The van der Waals surface area contributed by atoms with Gasteiger partial charge in [0.1, 0.15) is 0 Å². The van der Waals surface area contributed by atoms with Gasteiger partial charge in [0.15, 0.2) is 0 Å². The van der Waals surface area contributed by atoms with Gasteiger partial charge in [-0.1, -0.05) is 12.2 Å². The summed E-state index contributed by atoms with van der Waals surface area (Å²) in [6.45, 7) is 15.3. The summed E-state index contributed by atoms with van der Waals surface area (Å²) < 4.78 is 5.72. The largest absolute Gasteiger partial charge is 0.373 e. The second kappa shape index (κ2) is 3.81. The first kappa shape index (κ1) is 10.7. The maximum absolute atomic E-state index is 5.72. The second-order valence-electron chi connectivity index (χ2n) is 4.78. The van der Waals surface area contributed by atoms with Gasteiger partial charge >= 0.3 is 0 Å². The Morgan fingerprint density at radius 2 is 2.23 bits per heavy atom. The molecule has 0 radical (unpaired) electrons. The molecule has 1 atom stereocenters. The van der Waals surface area contributed by atoms with E-state index < -0.39 is 0 Å². The Hall–Kier alpha value is -0.340. The maximum atomic E-state index is 5.72. The molecule has 2 nitrogen and oxygen atoms in total. The van der Waals surface area contributed by atoms with E-state index in [9.17, 15) is 0 Å². The monoisotopic (exact) mass is 183 g/mol. The molecule has 0 aromatic heterocycles. The number of hydrogen-bond acceptors (Lipinski definition) is 2. The van der Waals surface area contributed by atoms with Gasteiger partial charge in [0.05, 0.1) is 12.2 Å². The average molecular weight is 183 g/mol. The zero-order chi connectivity index (χ0) is 10.1. The summed E-state index contributed by atoms with van der Waals surface area (Å²) in [6, 6.07) is 0.518. The van der Waals surface area contributed by atoms with Crippen molar-refractivity contribution in [2.24, 2.45) is 0 Å². The summed E-state index contributed by atoms with van der Waals surface area (Å²) >= 11 is 0. The molecular weight excluding hydrogens is 162 g/mol. The number of hydrogen-bond donors (Lipinski definition) is 0. The summed E-state index contributed by atoms with van der Waals surface area (Å²) in [5, 5.41) is 0. The lowest BCUT2D eigenvalue weighted by atomic mass is 10.0. The van der Waals surface area contributed by atoms with Crippen LogP contribution in [0.3, 0.4) is 0 Å². The van der Waals surface area contributed by atoms with Gasteiger partial charge in [-0.15, -0.1) is 0 Å². The van der Waals surface area contributed by atoms with E-state index in [0.717, 1.165) is 19.7 Å². The van der Waals surface area contributed by atoms with E-state index in [1.165, 1.54) is 5.57 Å². The average Bonchev–Trinajstić information content (AvgIpc) is 1.95. The Balaban J connectivity index is 2.55. The van der Waals surface area contributed by atoms with E-state index in [0.29, 0.717) is 6.04 Å². The van der Waals surface area contributed by atoms with Gasteiger partial charge < -0.3 is 4.74 Å². The molecule has 1 aliphatic heterocycles. The SMILES string of the molecule is C=C(C)CN1CC(C)(C)OC[C@@H]1C. The van der Waals surface area contributed by atoms with Crippen molar-refractivity contribution >= 4 is 0 Å². The Labute approximate surface area is 81.6 Å². The fraction of sp³-hybridized carbons (Fsp3) is 0.818. The molecule has 0 aliphatic carbocycles. The normalized spacial score (nSPS) is 28.8. The molecule has 0 spiro atoms. The fourth-order valence-corrected chi connectivity index (χ4v) is 1.70. The summed E-state index contributed by atoms with van der Waals surface area (Å²) in [5.41, 5.74) is 1.23. The Bertz CT molecular complexity index is 198. The van der Waals surface area contributed by atoms with Crippen LogP contribution < -0.4 is 0 Å². The minimum absolute atomic E-state index is 0.00194. The highest BCUT2D eigenvalue weighted by atomic mass is 16.5. The van der Waals surface area contributed by atoms with Crippen LogP contribution in [-0.2, 0) is 4.74 Å². The molecule has 1 rings (SSSR count). The molecule has 0 aromatic carbocycles. The highest BCUT2D eigenvalue weighted by molar-refractivity contribution is 4.96. The Morgan fingerprint density at radius 3 is 2.77 bits per heavy atom. The molecule has 76 valence electrons. The number of rotatable bonds is 2. The first-order valence-electron chi connectivity index (χ1n) is 4.93. The molecule has 0 amide bonds. The number of morpholine rings is 1. The van der Waals surface area contributed by atoms with Gasteiger partial charge in [0.2, 0.25) is 0 Å². The predicted octanol–water partition coefficient (Wildman–Crippen LogP) is 2.06. The molecule has 1 aliphatic rings. The summed E-state index contributed by atoms with van der Waals surface area (Å²) in [6.07, 6.45) is 0. The van der Waals surface area contributed by atoms with Crippen LogP contribution in [0.25, 0.3) is 0 Å². The Morgan fingerprint density at radius 1 is 1.62 bits per heavy atom. The predicted molar refractivity (Wildman–Crippen MR) is 55.9 cm³/mol. The first-order valence-corrected chi connectivity index (χ1v) is 4.93. The zero-order valence-corrected chi connectivity index (χ0v) is 9.26. The van der Waals surface area contributed by atoms with E-state index in [4.69, 9.17) is 4.74 Å². The molecule has 0 N–H and O–H groups in total. The minimum Gasteiger partial charge on any atom is -0.373 e.